The van der Waals surface area contributed by atoms with E-state index in [0.29, 0.717) is 19.1 Å². The Bertz CT molecular complexity index is 1840. The molecule has 0 spiro atoms. The molecule has 0 aliphatic heterocycles. The van der Waals surface area contributed by atoms with Crippen LogP contribution >= 0.6 is 24.4 Å². The number of rotatable bonds is 8. The minimum atomic E-state index is -5.16. The molecule has 0 heterocycles. The fourth-order valence-electron chi connectivity index (χ4n) is 5.87. The molecule has 0 aromatic heterocycles. The Morgan fingerprint density at radius 2 is 0.979 bits per heavy atom. The maximum atomic E-state index is 16.9. The number of hydrogen-bond acceptors (Lipinski definition) is 4. The number of anilines is 2. The van der Waals surface area contributed by atoms with E-state index in [4.69, 9.17) is 33.9 Å². The van der Waals surface area contributed by atoms with Gasteiger partial charge < -0.3 is 0 Å². The van der Waals surface area contributed by atoms with Gasteiger partial charge in [-0.3, -0.25) is 0 Å². The zero-order valence-electron chi connectivity index (χ0n) is 24.6. The molecule has 0 saturated heterocycles. The quantitative estimate of drug-likeness (QED) is 0.109. The van der Waals surface area contributed by atoms with Crippen molar-refractivity contribution in [2.45, 2.75) is 12.8 Å². The van der Waals surface area contributed by atoms with Gasteiger partial charge in [-0.05, 0) is 0 Å². The summed E-state index contributed by atoms with van der Waals surface area (Å²) in [5.41, 5.74) is 1.19. The number of ether oxygens (including phenoxy) is 2. The van der Waals surface area contributed by atoms with E-state index < -0.39 is 47.6 Å². The van der Waals surface area contributed by atoms with Gasteiger partial charge in [0.2, 0.25) is 0 Å². The topological polar surface area (TPSA) is 42.5 Å². The predicted molar refractivity (Wildman–Crippen MR) is 182 cm³/mol. The maximum absolute atomic E-state index is 16.9. The Morgan fingerprint density at radius 1 is 0.574 bits per heavy atom. The van der Waals surface area contributed by atoms with Gasteiger partial charge in [0, 0.05) is 0 Å². The first-order chi connectivity index (χ1) is 22.8. The van der Waals surface area contributed by atoms with Crippen molar-refractivity contribution in [3.05, 3.63) is 152 Å². The predicted octanol–water partition coefficient (Wildman–Crippen LogP) is 8.59. The number of nitrogens with one attached hydrogen (secondary N) is 2. The first kappa shape index (κ1) is 32.6. The normalized spacial score (nSPS) is 13.6. The summed E-state index contributed by atoms with van der Waals surface area (Å²) in [5, 5.41) is 5.33. The Morgan fingerprint density at radius 3 is 1.34 bits per heavy atom. The first-order valence-corrected chi connectivity index (χ1v) is 18.5. The molecule has 11 heteroatoms. The standard InChI is InChI=1S/2C13H8F2NOS.2C5H5.Ti/c2*14-9-6-7-12(11(15)8-9)17-13(18)16-10-4-2-1-3-5-10;2*1-2-4-5-3-1;/h2*1-7H,(H,16,18);2*1-3H,4H2;. The van der Waals surface area contributed by atoms with E-state index in [1.165, 1.54) is 0 Å². The van der Waals surface area contributed by atoms with Crippen molar-refractivity contribution in [3.63, 3.8) is 0 Å². The van der Waals surface area contributed by atoms with Crippen LogP contribution < -0.4 is 27.8 Å². The van der Waals surface area contributed by atoms with Crippen LogP contribution in [0.4, 0.5) is 28.9 Å². The molecule has 2 N–H and O–H groups in total. The number of thiocarbonyl (C=S) groups is 2. The van der Waals surface area contributed by atoms with E-state index in [2.05, 4.69) is 10.6 Å². The number of benzene rings is 4. The third-order valence-electron chi connectivity index (χ3n) is 7.81. The molecule has 47 heavy (non-hydrogen) atoms. The van der Waals surface area contributed by atoms with Gasteiger partial charge in [0.1, 0.15) is 0 Å². The van der Waals surface area contributed by atoms with Crippen LogP contribution in [0.2, 0.25) is 0 Å². The molecular weight excluding hydrogens is 680 g/mol. The van der Waals surface area contributed by atoms with Crippen molar-refractivity contribution in [1.82, 2.24) is 0 Å². The van der Waals surface area contributed by atoms with Crippen LogP contribution in [0.1, 0.15) is 12.8 Å². The molecule has 236 valence electrons. The van der Waals surface area contributed by atoms with E-state index in [9.17, 15) is 0 Å². The third-order valence-corrected chi connectivity index (χ3v) is 16.1. The number of allylic oxidation sites excluding steroid dienone is 8. The van der Waals surface area contributed by atoms with E-state index in [-0.39, 0.29) is 34.7 Å². The van der Waals surface area contributed by atoms with Crippen LogP contribution in [-0.2, 0) is 16.6 Å². The Labute approximate surface area is 283 Å². The van der Waals surface area contributed by atoms with Crippen molar-refractivity contribution < 1.29 is 43.6 Å². The monoisotopic (exact) mass is 706 g/mol. The molecule has 6 rings (SSSR count). The van der Waals surface area contributed by atoms with Gasteiger partial charge >= 0.3 is 285 Å². The van der Waals surface area contributed by atoms with Crippen molar-refractivity contribution in [1.29, 1.82) is 0 Å². The number of para-hydroxylation sites is 2. The summed E-state index contributed by atoms with van der Waals surface area (Å²) in [6.45, 7) is 0. The molecule has 4 aromatic carbocycles. The molecule has 2 aliphatic rings. The summed E-state index contributed by atoms with van der Waals surface area (Å²) in [6.07, 6.45) is 10.9. The summed E-state index contributed by atoms with van der Waals surface area (Å²) < 4.78 is 78.1. The zero-order chi connectivity index (χ0) is 33.0. The molecule has 0 amide bonds. The summed E-state index contributed by atoms with van der Waals surface area (Å²) >= 11 is 5.49. The van der Waals surface area contributed by atoms with E-state index in [1.807, 2.05) is 12.1 Å². The molecule has 2 aliphatic carbocycles. The molecule has 0 unspecified atom stereocenters. The molecule has 0 saturated carbocycles. The van der Waals surface area contributed by atoms with Gasteiger partial charge in [0.25, 0.3) is 0 Å². The minimum absolute atomic E-state index is 0.193. The van der Waals surface area contributed by atoms with E-state index >= 15 is 17.6 Å². The van der Waals surface area contributed by atoms with Crippen LogP contribution in [0, 0.1) is 23.3 Å². The van der Waals surface area contributed by atoms with Crippen molar-refractivity contribution in [2.24, 2.45) is 0 Å². The second kappa shape index (κ2) is 14.2. The van der Waals surface area contributed by atoms with Gasteiger partial charge in [-0.1, -0.05) is 0 Å². The number of halogens is 4. The van der Waals surface area contributed by atoms with E-state index in [1.54, 1.807) is 85.0 Å². The second-order valence-corrected chi connectivity index (χ2v) is 17.3. The fourth-order valence-corrected chi connectivity index (χ4v) is 14.5. The second-order valence-electron chi connectivity index (χ2n) is 10.6. The van der Waals surface area contributed by atoms with Crippen LogP contribution in [-0.4, -0.2) is 10.3 Å². The molecule has 4 nitrogen and oxygen atoms in total. The van der Waals surface area contributed by atoms with Crippen LogP contribution in [0.3, 0.4) is 0 Å². The number of hydrogen-bond donors (Lipinski definition) is 2. The molecule has 4 aromatic rings. The first-order valence-electron chi connectivity index (χ1n) is 14.6. The average molecular weight is 707 g/mol. The molecule has 0 bridgehead atoms. The Kier molecular flexibility index (Phi) is 9.84. The summed E-state index contributed by atoms with van der Waals surface area (Å²) in [4.78, 5) is 0. The third kappa shape index (κ3) is 6.60. The molecule has 0 atom stereocenters. The SMILES string of the molecule is Fc1ccc(OC(=S)Nc2ccccc2)c(F)[c]1[Ti]([C]1=CC=CC1)([C]1=CC=CC1)[c]1c(F)ccc(OC(=S)Nc2ccccc2)c1F. The zero-order valence-corrected chi connectivity index (χ0v) is 27.8. The Hall–Kier alpha value is -4.35. The van der Waals surface area contributed by atoms with Crippen LogP contribution in [0.15, 0.2) is 129 Å². The van der Waals surface area contributed by atoms with Gasteiger partial charge in [-0.25, -0.2) is 0 Å². The molecule has 0 radical (unpaired) electrons. The van der Waals surface area contributed by atoms with Crippen molar-refractivity contribution in [3.8, 4) is 11.5 Å². The van der Waals surface area contributed by atoms with Gasteiger partial charge in [0.05, 0.1) is 0 Å². The summed E-state index contributed by atoms with van der Waals surface area (Å²) in [5.74, 6) is -4.86. The average Bonchev–Trinajstić information content (AvgIpc) is 3.80. The molecule has 0 fully saturated rings. The van der Waals surface area contributed by atoms with Crippen molar-refractivity contribution >= 4 is 53.9 Å². The van der Waals surface area contributed by atoms with Crippen molar-refractivity contribution in [2.75, 3.05) is 10.6 Å². The van der Waals surface area contributed by atoms with E-state index in [0.717, 1.165) is 24.3 Å². The van der Waals surface area contributed by atoms with Gasteiger partial charge in [-0.15, -0.1) is 0 Å². The van der Waals surface area contributed by atoms with Crippen LogP contribution in [0.25, 0.3) is 0 Å². The van der Waals surface area contributed by atoms with Crippen LogP contribution in [0.5, 0.6) is 11.5 Å². The van der Waals surface area contributed by atoms with Gasteiger partial charge in [0.15, 0.2) is 0 Å². The Balaban J connectivity index is 1.50. The molecular formula is C36H26F4N2O2S2Ti. The fraction of sp³-hybridized carbons (Fsp3) is 0.0556. The summed E-state index contributed by atoms with van der Waals surface area (Å²) in [6, 6.07) is 22.0. The summed E-state index contributed by atoms with van der Waals surface area (Å²) in [7, 11) is 0. The van der Waals surface area contributed by atoms with Gasteiger partial charge in [-0.2, -0.15) is 0 Å².